The van der Waals surface area contributed by atoms with E-state index in [2.05, 4.69) is 9.97 Å². The van der Waals surface area contributed by atoms with Crippen LogP contribution in [0.4, 0.5) is 14.5 Å². The second-order valence-electron chi connectivity index (χ2n) is 4.95. The van der Waals surface area contributed by atoms with E-state index in [0.717, 1.165) is 12.1 Å². The molecule has 128 valence electrons. The third-order valence-corrected chi connectivity index (χ3v) is 3.49. The Morgan fingerprint density at radius 3 is 2.60 bits per heavy atom. The first-order chi connectivity index (χ1) is 12.0. The average molecular weight is 347 g/mol. The molecule has 25 heavy (non-hydrogen) atoms. The van der Waals surface area contributed by atoms with E-state index in [1.807, 2.05) is 0 Å². The van der Waals surface area contributed by atoms with Gasteiger partial charge in [-0.15, -0.1) is 0 Å². The maximum atomic E-state index is 14.1. The molecule has 0 aliphatic rings. The topological polar surface area (TPSA) is 87.4 Å². The molecular weight excluding hydrogens is 336 g/mol. The van der Waals surface area contributed by atoms with E-state index in [9.17, 15) is 18.9 Å². The number of aromatic nitrogens is 2. The number of methoxy groups -OCH3 is 1. The lowest BCUT2D eigenvalue weighted by Crippen LogP contribution is -2.04. The van der Waals surface area contributed by atoms with Gasteiger partial charge in [-0.3, -0.25) is 20.1 Å². The molecule has 0 radical (unpaired) electrons. The van der Waals surface area contributed by atoms with Gasteiger partial charge in [0.25, 0.3) is 0 Å². The second-order valence-corrected chi connectivity index (χ2v) is 4.95. The monoisotopic (exact) mass is 347 g/mol. The van der Waals surface area contributed by atoms with Crippen LogP contribution < -0.4 is 9.47 Å². The summed E-state index contributed by atoms with van der Waals surface area (Å²) in [4.78, 5) is 18.1. The fraction of sp³-hybridized carbons (Fsp3) is 0.125. The Balaban J connectivity index is 1.98. The van der Waals surface area contributed by atoms with Crippen LogP contribution in [-0.4, -0.2) is 22.0 Å². The highest BCUT2D eigenvalue weighted by atomic mass is 19.1. The molecule has 0 spiro atoms. The number of ether oxygens (including phenoxy) is 2. The SMILES string of the molecule is COc1cc(F)c([N+](=O)[O-])cc1OCc1c(F)ccc2nccnc12. The van der Waals surface area contributed by atoms with Gasteiger partial charge in [0, 0.05) is 18.5 Å². The summed E-state index contributed by atoms with van der Waals surface area (Å²) in [5, 5.41) is 10.9. The van der Waals surface area contributed by atoms with E-state index in [-0.39, 0.29) is 23.7 Å². The molecule has 9 heteroatoms. The normalized spacial score (nSPS) is 10.7. The van der Waals surface area contributed by atoms with Gasteiger partial charge in [-0.25, -0.2) is 4.39 Å². The first kappa shape index (κ1) is 16.5. The van der Waals surface area contributed by atoms with Gasteiger partial charge in [-0.05, 0) is 12.1 Å². The molecule has 0 saturated heterocycles. The number of rotatable bonds is 5. The van der Waals surface area contributed by atoms with Crippen molar-refractivity contribution in [2.75, 3.05) is 7.11 Å². The molecule has 3 aromatic rings. The number of fused-ring (bicyclic) bond motifs is 1. The predicted molar refractivity (Wildman–Crippen MR) is 83.4 cm³/mol. The third kappa shape index (κ3) is 3.16. The van der Waals surface area contributed by atoms with E-state index in [1.165, 1.54) is 31.6 Å². The summed E-state index contributed by atoms with van der Waals surface area (Å²) in [6.45, 7) is -0.291. The van der Waals surface area contributed by atoms with Crippen LogP contribution in [0.2, 0.25) is 0 Å². The molecule has 7 nitrogen and oxygen atoms in total. The Kier molecular flexibility index (Phi) is 4.38. The van der Waals surface area contributed by atoms with Crippen LogP contribution in [0.5, 0.6) is 11.5 Å². The van der Waals surface area contributed by atoms with Crippen LogP contribution in [0, 0.1) is 21.7 Å². The Morgan fingerprint density at radius 2 is 1.88 bits per heavy atom. The van der Waals surface area contributed by atoms with Gasteiger partial charge in [0.1, 0.15) is 12.4 Å². The van der Waals surface area contributed by atoms with E-state index < -0.39 is 22.2 Å². The lowest BCUT2D eigenvalue weighted by atomic mass is 10.1. The third-order valence-electron chi connectivity index (χ3n) is 3.49. The van der Waals surface area contributed by atoms with Crippen LogP contribution in [0.15, 0.2) is 36.7 Å². The number of hydrogen-bond acceptors (Lipinski definition) is 6. The molecule has 0 saturated carbocycles. The first-order valence-corrected chi connectivity index (χ1v) is 7.04. The molecule has 0 atom stereocenters. The minimum absolute atomic E-state index is 0.0465. The molecule has 0 aliphatic carbocycles. The van der Waals surface area contributed by atoms with Crippen LogP contribution in [0.3, 0.4) is 0 Å². The summed E-state index contributed by atoms with van der Waals surface area (Å²) in [5.74, 6) is -1.76. The van der Waals surface area contributed by atoms with E-state index >= 15 is 0 Å². The summed E-state index contributed by atoms with van der Waals surface area (Å²) in [5.41, 5.74) is 0.131. The highest BCUT2D eigenvalue weighted by Gasteiger charge is 2.20. The summed E-state index contributed by atoms with van der Waals surface area (Å²) in [6.07, 6.45) is 2.88. The Bertz CT molecular complexity index is 966. The molecular formula is C16H11F2N3O4. The molecule has 0 fully saturated rings. The number of nitrogens with zero attached hydrogens (tertiary/aromatic N) is 3. The van der Waals surface area contributed by atoms with E-state index in [4.69, 9.17) is 9.47 Å². The van der Waals surface area contributed by atoms with Crippen molar-refractivity contribution >= 4 is 16.7 Å². The molecule has 0 bridgehead atoms. The Labute approximate surface area is 140 Å². The number of nitro groups is 1. The van der Waals surface area contributed by atoms with Gasteiger partial charge >= 0.3 is 5.69 Å². The average Bonchev–Trinajstić information content (AvgIpc) is 2.61. The van der Waals surface area contributed by atoms with Crippen molar-refractivity contribution in [2.24, 2.45) is 0 Å². The van der Waals surface area contributed by atoms with Gasteiger partial charge < -0.3 is 9.47 Å². The lowest BCUT2D eigenvalue weighted by Gasteiger charge is -2.12. The maximum Gasteiger partial charge on any atom is 0.308 e. The summed E-state index contributed by atoms with van der Waals surface area (Å²) in [6, 6.07) is 4.43. The van der Waals surface area contributed by atoms with Crippen molar-refractivity contribution in [3.63, 3.8) is 0 Å². The Morgan fingerprint density at radius 1 is 1.12 bits per heavy atom. The van der Waals surface area contributed by atoms with Crippen molar-refractivity contribution < 1.29 is 23.2 Å². The van der Waals surface area contributed by atoms with Crippen molar-refractivity contribution in [1.29, 1.82) is 0 Å². The quantitative estimate of drug-likeness (QED) is 0.519. The number of nitro benzene ring substituents is 1. The van der Waals surface area contributed by atoms with Crippen molar-refractivity contribution in [1.82, 2.24) is 9.97 Å². The minimum Gasteiger partial charge on any atom is -0.493 e. The molecule has 0 aliphatic heterocycles. The standard InChI is InChI=1S/C16H11F2N3O4/c1-24-14-6-11(18)13(21(22)23)7-15(14)25-8-9-10(17)2-3-12-16(9)20-5-4-19-12/h2-7H,8H2,1H3. The van der Waals surface area contributed by atoms with Crippen LogP contribution >= 0.6 is 0 Å². The summed E-state index contributed by atoms with van der Waals surface area (Å²) < 4.78 is 38.2. The number of halogens is 2. The molecule has 1 aromatic heterocycles. The number of hydrogen-bond donors (Lipinski definition) is 0. The molecule has 3 rings (SSSR count). The molecule has 1 heterocycles. The van der Waals surface area contributed by atoms with Crippen LogP contribution in [0.1, 0.15) is 5.56 Å². The van der Waals surface area contributed by atoms with Crippen LogP contribution in [-0.2, 0) is 6.61 Å². The van der Waals surface area contributed by atoms with Crippen LogP contribution in [0.25, 0.3) is 11.0 Å². The van der Waals surface area contributed by atoms with Gasteiger partial charge in [-0.2, -0.15) is 4.39 Å². The van der Waals surface area contributed by atoms with Gasteiger partial charge in [0.15, 0.2) is 11.5 Å². The van der Waals surface area contributed by atoms with Crippen molar-refractivity contribution in [3.05, 3.63) is 64.0 Å². The van der Waals surface area contributed by atoms with Crippen molar-refractivity contribution in [3.8, 4) is 11.5 Å². The largest absolute Gasteiger partial charge is 0.493 e. The fourth-order valence-corrected chi connectivity index (χ4v) is 2.29. The van der Waals surface area contributed by atoms with Gasteiger partial charge in [0.2, 0.25) is 5.82 Å². The zero-order valence-corrected chi connectivity index (χ0v) is 12.9. The molecule has 2 aromatic carbocycles. The van der Waals surface area contributed by atoms with E-state index in [0.29, 0.717) is 11.0 Å². The maximum absolute atomic E-state index is 14.1. The van der Waals surface area contributed by atoms with Gasteiger partial charge in [0.05, 0.1) is 34.7 Å². The van der Waals surface area contributed by atoms with Crippen molar-refractivity contribution in [2.45, 2.75) is 6.61 Å². The number of benzene rings is 2. The minimum atomic E-state index is -1.06. The lowest BCUT2D eigenvalue weighted by molar-refractivity contribution is -0.387. The molecule has 0 amide bonds. The summed E-state index contributed by atoms with van der Waals surface area (Å²) in [7, 11) is 1.26. The second kappa shape index (κ2) is 6.63. The zero-order chi connectivity index (χ0) is 18.0. The fourth-order valence-electron chi connectivity index (χ4n) is 2.29. The highest BCUT2D eigenvalue weighted by Crippen LogP contribution is 2.34. The first-order valence-electron chi connectivity index (χ1n) is 7.04. The smallest absolute Gasteiger partial charge is 0.308 e. The predicted octanol–water partition coefficient (Wildman–Crippen LogP) is 3.40. The van der Waals surface area contributed by atoms with E-state index in [1.54, 1.807) is 0 Å². The Hall–Kier alpha value is -3.36. The zero-order valence-electron chi connectivity index (χ0n) is 12.9. The summed E-state index contributed by atoms with van der Waals surface area (Å²) >= 11 is 0. The van der Waals surface area contributed by atoms with Gasteiger partial charge in [-0.1, -0.05) is 0 Å². The highest BCUT2D eigenvalue weighted by molar-refractivity contribution is 5.77. The molecule has 0 N–H and O–H groups in total. The molecule has 0 unspecified atom stereocenters.